The molecule has 0 aromatic carbocycles. The van der Waals surface area contributed by atoms with Crippen molar-refractivity contribution in [2.24, 2.45) is 4.99 Å². The second-order valence-corrected chi connectivity index (χ2v) is 7.65. The van der Waals surface area contributed by atoms with Crippen LogP contribution in [0.4, 0.5) is 9.59 Å². The molecule has 1 rings (SSSR count). The predicted molar refractivity (Wildman–Crippen MR) is 110 cm³/mol. The summed E-state index contributed by atoms with van der Waals surface area (Å²) in [5, 5.41) is 9.40. The van der Waals surface area contributed by atoms with Gasteiger partial charge >= 0.3 is 12.2 Å². The second kappa shape index (κ2) is 12.3. The lowest BCUT2D eigenvalue weighted by Crippen LogP contribution is -2.50. The number of hydrogen-bond donors (Lipinski definition) is 3. The van der Waals surface area contributed by atoms with Crippen molar-refractivity contribution in [2.75, 3.05) is 39.3 Å². The Bertz CT molecular complexity index is 511. The highest BCUT2D eigenvalue weighted by Gasteiger charge is 2.24. The number of hydrogen-bond acceptors (Lipinski definition) is 5. The monoisotopic (exact) mass is 399 g/mol. The molecule has 0 unspecified atom stereocenters. The summed E-state index contributed by atoms with van der Waals surface area (Å²) < 4.78 is 10.2. The molecule has 0 aromatic heterocycles. The van der Waals surface area contributed by atoms with E-state index in [0.29, 0.717) is 32.8 Å². The van der Waals surface area contributed by atoms with Crippen LogP contribution < -0.4 is 16.0 Å². The van der Waals surface area contributed by atoms with Gasteiger partial charge < -0.3 is 30.3 Å². The van der Waals surface area contributed by atoms with Crippen LogP contribution in [-0.4, -0.2) is 74.0 Å². The molecule has 1 heterocycles. The third kappa shape index (κ3) is 10.2. The molecule has 0 spiro atoms. The van der Waals surface area contributed by atoms with Gasteiger partial charge in [0.05, 0.1) is 6.61 Å². The summed E-state index contributed by atoms with van der Waals surface area (Å²) >= 11 is 0. The molecule has 9 nitrogen and oxygen atoms in total. The number of carbonyl (C=O) groups excluding carboxylic acids is 2. The van der Waals surface area contributed by atoms with E-state index in [-0.39, 0.29) is 12.1 Å². The van der Waals surface area contributed by atoms with E-state index in [1.165, 1.54) is 0 Å². The van der Waals surface area contributed by atoms with Gasteiger partial charge in [-0.05, 0) is 53.9 Å². The summed E-state index contributed by atoms with van der Waals surface area (Å²) in [6.07, 6.45) is 1.78. The average Bonchev–Trinajstić information content (AvgIpc) is 2.61. The third-order valence-electron chi connectivity index (χ3n) is 3.98. The first-order valence-electron chi connectivity index (χ1n) is 10.2. The lowest BCUT2D eigenvalue weighted by molar-refractivity contribution is 0.0527. The number of alkyl carbamates (subject to hydrolysis) is 1. The number of carbonyl (C=O) groups is 2. The average molecular weight is 400 g/mol. The van der Waals surface area contributed by atoms with Gasteiger partial charge in [0, 0.05) is 38.8 Å². The van der Waals surface area contributed by atoms with Gasteiger partial charge in [-0.1, -0.05) is 0 Å². The molecule has 0 radical (unpaired) electrons. The van der Waals surface area contributed by atoms with Crippen LogP contribution in [0, 0.1) is 0 Å². The molecular formula is C19H37N5O4. The number of nitrogens with one attached hydrogen (secondary N) is 3. The summed E-state index contributed by atoms with van der Waals surface area (Å²) in [6, 6.07) is 0.267. The van der Waals surface area contributed by atoms with E-state index in [2.05, 4.69) is 20.9 Å². The molecule has 1 saturated heterocycles. The van der Waals surface area contributed by atoms with Crippen molar-refractivity contribution in [1.82, 2.24) is 20.9 Å². The zero-order valence-corrected chi connectivity index (χ0v) is 18.0. The number of ether oxygens (including phenoxy) is 2. The standard InChI is InChI=1S/C19H37N5O4/c1-6-20-16(21-11-8-12-22-17(25)28-19(3,4)5)23-15-9-13-24(14-10-15)18(26)27-7-2/h15H,6-14H2,1-5H3,(H,22,25)(H2,20,21,23). The fraction of sp³-hybridized carbons (Fsp3) is 0.842. The van der Waals surface area contributed by atoms with Gasteiger partial charge in [0.15, 0.2) is 5.96 Å². The molecule has 0 bridgehead atoms. The van der Waals surface area contributed by atoms with Crippen molar-refractivity contribution in [1.29, 1.82) is 0 Å². The van der Waals surface area contributed by atoms with Crippen LogP contribution in [0.5, 0.6) is 0 Å². The Kier molecular flexibility index (Phi) is 10.5. The summed E-state index contributed by atoms with van der Waals surface area (Å²) in [5.41, 5.74) is -0.493. The summed E-state index contributed by atoms with van der Waals surface area (Å²) in [6.45, 7) is 13.0. The number of nitrogens with zero attached hydrogens (tertiary/aromatic N) is 2. The van der Waals surface area contributed by atoms with Gasteiger partial charge in [-0.2, -0.15) is 0 Å². The normalized spacial score (nSPS) is 15.8. The molecule has 3 N–H and O–H groups in total. The van der Waals surface area contributed by atoms with E-state index < -0.39 is 11.7 Å². The van der Waals surface area contributed by atoms with Crippen LogP contribution in [0.2, 0.25) is 0 Å². The Balaban J connectivity index is 2.32. The Morgan fingerprint density at radius 1 is 1.14 bits per heavy atom. The molecule has 0 aliphatic carbocycles. The Morgan fingerprint density at radius 3 is 2.39 bits per heavy atom. The maximum absolute atomic E-state index is 11.8. The Morgan fingerprint density at radius 2 is 1.82 bits per heavy atom. The van der Waals surface area contributed by atoms with Gasteiger partial charge in [-0.15, -0.1) is 0 Å². The van der Waals surface area contributed by atoms with Crippen molar-refractivity contribution >= 4 is 18.1 Å². The lowest BCUT2D eigenvalue weighted by Gasteiger charge is -2.32. The van der Waals surface area contributed by atoms with E-state index in [9.17, 15) is 9.59 Å². The Labute approximate surface area is 168 Å². The third-order valence-corrected chi connectivity index (χ3v) is 3.98. The first-order chi connectivity index (χ1) is 13.2. The first-order valence-corrected chi connectivity index (χ1v) is 10.2. The van der Waals surface area contributed by atoms with Gasteiger partial charge in [0.2, 0.25) is 0 Å². The highest BCUT2D eigenvalue weighted by atomic mass is 16.6. The van der Waals surface area contributed by atoms with E-state index in [1.54, 1.807) is 4.90 Å². The van der Waals surface area contributed by atoms with Crippen LogP contribution in [0.25, 0.3) is 0 Å². The zero-order chi connectivity index (χ0) is 21.0. The highest BCUT2D eigenvalue weighted by molar-refractivity contribution is 5.80. The smallest absolute Gasteiger partial charge is 0.409 e. The Hall–Kier alpha value is -2.19. The van der Waals surface area contributed by atoms with E-state index in [0.717, 1.165) is 31.8 Å². The van der Waals surface area contributed by atoms with Crippen LogP contribution in [0.3, 0.4) is 0 Å². The molecule has 1 aliphatic heterocycles. The maximum Gasteiger partial charge on any atom is 0.409 e. The minimum atomic E-state index is -0.493. The fourth-order valence-electron chi connectivity index (χ4n) is 2.71. The maximum atomic E-state index is 11.8. The van der Waals surface area contributed by atoms with E-state index in [1.807, 2.05) is 34.6 Å². The molecular weight excluding hydrogens is 362 g/mol. The minimum absolute atomic E-state index is 0.237. The first kappa shape index (κ1) is 23.8. The molecule has 162 valence electrons. The lowest BCUT2D eigenvalue weighted by atomic mass is 10.1. The van der Waals surface area contributed by atoms with Crippen LogP contribution in [0.15, 0.2) is 4.99 Å². The largest absolute Gasteiger partial charge is 0.450 e. The number of rotatable bonds is 7. The topological polar surface area (TPSA) is 104 Å². The van der Waals surface area contributed by atoms with E-state index >= 15 is 0 Å². The van der Waals surface area contributed by atoms with Crippen molar-refractivity contribution in [3.8, 4) is 0 Å². The number of likely N-dealkylation sites (tertiary alicyclic amines) is 1. The van der Waals surface area contributed by atoms with Gasteiger partial charge in [-0.3, -0.25) is 4.99 Å². The molecule has 0 saturated carbocycles. The number of piperidine rings is 1. The van der Waals surface area contributed by atoms with Crippen molar-refractivity contribution in [3.63, 3.8) is 0 Å². The second-order valence-electron chi connectivity index (χ2n) is 7.65. The molecule has 9 heteroatoms. The summed E-state index contributed by atoms with van der Waals surface area (Å²) in [5.74, 6) is 0.759. The molecule has 1 fully saturated rings. The fourth-order valence-corrected chi connectivity index (χ4v) is 2.71. The molecule has 28 heavy (non-hydrogen) atoms. The SMILES string of the molecule is CCNC(=NCCCNC(=O)OC(C)(C)C)NC1CCN(C(=O)OCC)CC1. The minimum Gasteiger partial charge on any atom is -0.450 e. The summed E-state index contributed by atoms with van der Waals surface area (Å²) in [4.78, 5) is 29.7. The van der Waals surface area contributed by atoms with Crippen molar-refractivity contribution in [2.45, 2.75) is 65.5 Å². The van der Waals surface area contributed by atoms with E-state index in [4.69, 9.17) is 9.47 Å². The molecule has 0 atom stereocenters. The number of guanidine groups is 1. The predicted octanol–water partition coefficient (Wildman–Crippen LogP) is 2.08. The number of amides is 2. The molecule has 1 aliphatic rings. The van der Waals surface area contributed by atoms with Crippen molar-refractivity contribution in [3.05, 3.63) is 0 Å². The quantitative estimate of drug-likeness (QED) is 0.344. The van der Waals surface area contributed by atoms with Crippen LogP contribution in [0.1, 0.15) is 53.9 Å². The van der Waals surface area contributed by atoms with Gasteiger partial charge in [-0.25, -0.2) is 9.59 Å². The van der Waals surface area contributed by atoms with Gasteiger partial charge in [0.25, 0.3) is 0 Å². The molecule has 2 amide bonds. The van der Waals surface area contributed by atoms with Crippen LogP contribution in [-0.2, 0) is 9.47 Å². The highest BCUT2D eigenvalue weighted by Crippen LogP contribution is 2.11. The summed E-state index contributed by atoms with van der Waals surface area (Å²) in [7, 11) is 0. The van der Waals surface area contributed by atoms with Crippen LogP contribution >= 0.6 is 0 Å². The van der Waals surface area contributed by atoms with Gasteiger partial charge in [0.1, 0.15) is 5.60 Å². The molecule has 0 aromatic rings. The number of aliphatic imine (C=N–C) groups is 1. The van der Waals surface area contributed by atoms with Crippen molar-refractivity contribution < 1.29 is 19.1 Å². The zero-order valence-electron chi connectivity index (χ0n) is 18.0.